The molecule has 0 amide bonds. The highest BCUT2D eigenvalue weighted by molar-refractivity contribution is 7.79. The summed E-state index contributed by atoms with van der Waals surface area (Å²) in [6.07, 6.45) is 0. The van der Waals surface area contributed by atoms with Crippen LogP contribution in [0.4, 0.5) is 0 Å². The van der Waals surface area contributed by atoms with Crippen molar-refractivity contribution in [2.45, 2.75) is 39.8 Å². The second-order valence-electron chi connectivity index (χ2n) is 9.73. The lowest BCUT2D eigenvalue weighted by molar-refractivity contribution is 0.381. The van der Waals surface area contributed by atoms with Crippen molar-refractivity contribution < 1.29 is 17.5 Å². The van der Waals surface area contributed by atoms with Crippen LogP contribution in [0.25, 0.3) is 0 Å². The van der Waals surface area contributed by atoms with Crippen LogP contribution < -0.4 is 33.6 Å². The van der Waals surface area contributed by atoms with Gasteiger partial charge in [-0.25, -0.2) is 0 Å². The third-order valence-corrected chi connectivity index (χ3v) is 5.71. The van der Waals surface area contributed by atoms with Gasteiger partial charge in [0.25, 0.3) is 0 Å². The number of aliphatic imine (C=N–C) groups is 2. The van der Waals surface area contributed by atoms with Gasteiger partial charge in [-0.3, -0.25) is 19.1 Å². The fourth-order valence-electron chi connectivity index (χ4n) is 3.21. The third-order valence-electron chi connectivity index (χ3n) is 5.02. The van der Waals surface area contributed by atoms with Gasteiger partial charge in [0.1, 0.15) is 0 Å². The van der Waals surface area contributed by atoms with Gasteiger partial charge in [0.05, 0.1) is 25.2 Å². The number of nitrogens with two attached hydrogens (primary N) is 4. The Morgan fingerprint density at radius 1 is 0.732 bits per heavy atom. The standard InChI is InChI=1S/2C13H21ClN4.H2O4S/c2*1-9(2)7-17-12(8-18-13(15)16)10-5-3-4-6-11(10)14;1-5(2,3)4/h2*3-6,9,12,17H,7-8H2,1-2H3,(H4,15,16,18);(H2,1,2,3,4). The molecule has 232 valence electrons. The van der Waals surface area contributed by atoms with Crippen molar-refractivity contribution in [1.29, 1.82) is 0 Å². The van der Waals surface area contributed by atoms with Crippen LogP contribution in [0.1, 0.15) is 50.9 Å². The van der Waals surface area contributed by atoms with Gasteiger partial charge in [0.2, 0.25) is 0 Å². The maximum atomic E-state index is 8.74. The molecule has 2 aromatic rings. The number of guanidine groups is 2. The molecule has 0 radical (unpaired) electrons. The van der Waals surface area contributed by atoms with Crippen LogP contribution >= 0.6 is 23.2 Å². The maximum absolute atomic E-state index is 8.74. The molecule has 0 aliphatic heterocycles. The molecule has 41 heavy (non-hydrogen) atoms. The zero-order valence-corrected chi connectivity index (χ0v) is 26.2. The predicted molar refractivity (Wildman–Crippen MR) is 170 cm³/mol. The quantitative estimate of drug-likeness (QED) is 0.0965. The Hall–Kier alpha value is -2.65. The van der Waals surface area contributed by atoms with E-state index >= 15 is 0 Å². The number of nitrogens with one attached hydrogen (secondary N) is 2. The van der Waals surface area contributed by atoms with Crippen molar-refractivity contribution in [3.63, 3.8) is 0 Å². The Bertz CT molecular complexity index is 1100. The number of benzene rings is 2. The summed E-state index contributed by atoms with van der Waals surface area (Å²) in [4.78, 5) is 8.14. The van der Waals surface area contributed by atoms with Crippen LogP contribution in [0.2, 0.25) is 10.0 Å². The molecule has 0 saturated carbocycles. The third kappa shape index (κ3) is 20.8. The smallest absolute Gasteiger partial charge is 0.370 e. The molecular weight excluding hydrogens is 591 g/mol. The van der Waals surface area contributed by atoms with Crippen molar-refractivity contribution in [2.24, 2.45) is 44.8 Å². The zero-order valence-electron chi connectivity index (χ0n) is 23.8. The van der Waals surface area contributed by atoms with Crippen LogP contribution in [-0.4, -0.2) is 55.6 Å². The van der Waals surface area contributed by atoms with Crippen LogP contribution in [0.15, 0.2) is 58.5 Å². The van der Waals surface area contributed by atoms with E-state index in [1.807, 2.05) is 48.5 Å². The van der Waals surface area contributed by atoms with Gasteiger partial charge < -0.3 is 33.6 Å². The van der Waals surface area contributed by atoms with Gasteiger partial charge in [-0.15, -0.1) is 0 Å². The Morgan fingerprint density at radius 3 is 1.27 bits per heavy atom. The largest absolute Gasteiger partial charge is 0.394 e. The van der Waals surface area contributed by atoms with Gasteiger partial charge in [-0.05, 0) is 48.2 Å². The average Bonchev–Trinajstić information content (AvgIpc) is 2.84. The molecule has 15 heteroatoms. The summed E-state index contributed by atoms with van der Waals surface area (Å²) in [5.41, 5.74) is 23.6. The highest BCUT2D eigenvalue weighted by Gasteiger charge is 2.15. The van der Waals surface area contributed by atoms with Crippen LogP contribution in [0.5, 0.6) is 0 Å². The van der Waals surface area contributed by atoms with Crippen molar-refractivity contribution in [1.82, 2.24) is 10.6 Å². The Balaban J connectivity index is 0.000000671. The minimum absolute atomic E-state index is 0.0307. The summed E-state index contributed by atoms with van der Waals surface area (Å²) in [7, 11) is -4.67. The summed E-state index contributed by atoms with van der Waals surface area (Å²) in [5, 5.41) is 8.31. The van der Waals surface area contributed by atoms with Crippen LogP contribution in [0.3, 0.4) is 0 Å². The van der Waals surface area contributed by atoms with Gasteiger partial charge in [0, 0.05) is 10.0 Å². The molecule has 2 aromatic carbocycles. The van der Waals surface area contributed by atoms with E-state index in [1.54, 1.807) is 0 Å². The first-order valence-corrected chi connectivity index (χ1v) is 14.9. The average molecular weight is 636 g/mol. The molecule has 0 aliphatic rings. The van der Waals surface area contributed by atoms with Gasteiger partial charge >= 0.3 is 10.4 Å². The van der Waals surface area contributed by atoms with E-state index in [0.29, 0.717) is 24.9 Å². The van der Waals surface area contributed by atoms with Gasteiger partial charge in [-0.1, -0.05) is 87.3 Å². The minimum atomic E-state index is -4.67. The van der Waals surface area contributed by atoms with E-state index in [9.17, 15) is 0 Å². The molecule has 2 rings (SSSR count). The fraction of sp³-hybridized carbons (Fsp3) is 0.462. The molecule has 0 fully saturated rings. The molecule has 12 nitrogen and oxygen atoms in total. The SMILES string of the molecule is CC(C)CNC(CN=C(N)N)c1ccccc1Cl.CC(C)CNC(CN=C(N)N)c1ccccc1Cl.O=S(=O)(O)O. The van der Waals surface area contributed by atoms with Crippen molar-refractivity contribution in [3.05, 3.63) is 69.7 Å². The van der Waals surface area contributed by atoms with Crippen molar-refractivity contribution in [3.8, 4) is 0 Å². The summed E-state index contributed by atoms with van der Waals surface area (Å²) in [6, 6.07) is 15.5. The predicted octanol–water partition coefficient (Wildman–Crippen LogP) is 3.15. The Labute approximate surface area is 253 Å². The van der Waals surface area contributed by atoms with E-state index < -0.39 is 10.4 Å². The minimum Gasteiger partial charge on any atom is -0.370 e. The molecule has 0 bridgehead atoms. The first kappa shape index (κ1) is 38.4. The Morgan fingerprint density at radius 2 is 1.02 bits per heavy atom. The normalized spacial score (nSPS) is 12.3. The van der Waals surface area contributed by atoms with Crippen LogP contribution in [-0.2, 0) is 10.4 Å². The number of hydrogen-bond donors (Lipinski definition) is 8. The number of nitrogens with zero attached hydrogens (tertiary/aromatic N) is 2. The van der Waals surface area contributed by atoms with Crippen molar-refractivity contribution in [2.75, 3.05) is 26.2 Å². The number of rotatable bonds is 12. The Kier molecular flexibility index (Phi) is 19.0. The molecule has 2 unspecified atom stereocenters. The molecule has 2 atom stereocenters. The highest BCUT2D eigenvalue weighted by Crippen LogP contribution is 2.24. The summed E-state index contributed by atoms with van der Waals surface area (Å²) in [6.45, 7) is 11.3. The fourth-order valence-corrected chi connectivity index (χ4v) is 3.75. The van der Waals surface area contributed by atoms with E-state index in [2.05, 4.69) is 48.3 Å². The lowest BCUT2D eigenvalue weighted by atomic mass is 10.1. The monoisotopic (exact) mass is 634 g/mol. The van der Waals surface area contributed by atoms with E-state index in [1.165, 1.54) is 0 Å². The van der Waals surface area contributed by atoms with E-state index in [-0.39, 0.29) is 24.0 Å². The van der Waals surface area contributed by atoms with E-state index in [4.69, 9.17) is 63.7 Å². The lowest BCUT2D eigenvalue weighted by Crippen LogP contribution is -2.30. The second kappa shape index (κ2) is 20.3. The van der Waals surface area contributed by atoms with Crippen molar-refractivity contribution >= 4 is 45.5 Å². The number of halogens is 2. The molecule has 0 heterocycles. The topological polar surface area (TPSA) is 227 Å². The first-order chi connectivity index (χ1) is 19.0. The summed E-state index contributed by atoms with van der Waals surface area (Å²) < 4.78 is 31.6. The van der Waals surface area contributed by atoms with E-state index in [0.717, 1.165) is 34.3 Å². The summed E-state index contributed by atoms with van der Waals surface area (Å²) >= 11 is 12.4. The molecule has 0 aromatic heterocycles. The molecule has 0 aliphatic carbocycles. The molecular formula is C26H44Cl2N8O4S. The van der Waals surface area contributed by atoms with Gasteiger partial charge in [-0.2, -0.15) is 8.42 Å². The molecule has 0 saturated heterocycles. The first-order valence-electron chi connectivity index (χ1n) is 12.8. The number of hydrogen-bond acceptors (Lipinski definition) is 6. The van der Waals surface area contributed by atoms with Gasteiger partial charge in [0.15, 0.2) is 11.9 Å². The van der Waals surface area contributed by atoms with Crippen LogP contribution in [0, 0.1) is 11.8 Å². The molecule has 0 spiro atoms. The second-order valence-corrected chi connectivity index (χ2v) is 11.4. The summed E-state index contributed by atoms with van der Waals surface area (Å²) in [5.74, 6) is 1.29. The lowest BCUT2D eigenvalue weighted by Gasteiger charge is -2.20. The highest BCUT2D eigenvalue weighted by atomic mass is 35.5. The zero-order chi connectivity index (χ0) is 31.6. The molecule has 12 N–H and O–H groups in total. The maximum Gasteiger partial charge on any atom is 0.394 e.